The average Bonchev–Trinajstić information content (AvgIpc) is 3.50. The van der Waals surface area contributed by atoms with Crippen LogP contribution in [0.5, 0.6) is 0 Å². The van der Waals surface area contributed by atoms with E-state index in [1.165, 1.54) is 0 Å². The number of benzene rings is 1. The molecular weight excluding hydrogens is 853 g/mol. The van der Waals surface area contributed by atoms with Gasteiger partial charge in [-0.1, -0.05) is 24.3 Å². The predicted molar refractivity (Wildman–Crippen MR) is 207 cm³/mol. The second-order valence-electron chi connectivity index (χ2n) is 14.0. The van der Waals surface area contributed by atoms with Crippen LogP contribution in [0.2, 0.25) is 0 Å². The molecule has 23 heteroatoms. The van der Waals surface area contributed by atoms with E-state index in [4.69, 9.17) is 4.84 Å². The van der Waals surface area contributed by atoms with Crippen molar-refractivity contribution in [3.63, 3.8) is 0 Å². The van der Waals surface area contributed by atoms with Crippen molar-refractivity contribution in [1.82, 2.24) is 10.4 Å². The van der Waals surface area contributed by atoms with Crippen LogP contribution in [0, 0.1) is 11.8 Å². The molecule has 1 aromatic carbocycles. The molecule has 1 unspecified atom stereocenters. The Balaban J connectivity index is 1.38. The summed E-state index contributed by atoms with van der Waals surface area (Å²) in [6.45, 7) is 1.29. The highest BCUT2D eigenvalue weighted by molar-refractivity contribution is 7.94. The highest BCUT2D eigenvalue weighted by Crippen LogP contribution is 2.41. The minimum atomic E-state index is -4.49. The maximum Gasteiger partial charge on any atom is 0.333 e. The molecule has 3 aliphatic rings. The first-order valence-electron chi connectivity index (χ1n) is 19.0. The first-order valence-corrected chi connectivity index (χ1v) is 23.1. The zero-order valence-electron chi connectivity index (χ0n) is 32.4. The number of anilines is 1. The van der Waals surface area contributed by atoms with Crippen molar-refractivity contribution in [2.45, 2.75) is 57.8 Å². The van der Waals surface area contributed by atoms with E-state index >= 15 is 0 Å². The van der Waals surface area contributed by atoms with Crippen molar-refractivity contribution in [2.24, 2.45) is 11.8 Å². The Morgan fingerprint density at radius 1 is 0.867 bits per heavy atom. The number of nitrogens with one attached hydrogen (secondary N) is 1. The van der Waals surface area contributed by atoms with Gasteiger partial charge in [0, 0.05) is 123 Å². The molecule has 0 spiro atoms. The van der Waals surface area contributed by atoms with E-state index in [9.17, 15) is 60.3 Å². The predicted octanol–water partition coefficient (Wildman–Crippen LogP) is -0.625. The quantitative estimate of drug-likeness (QED) is 0.0230. The topological polar surface area (TPSA) is 295 Å². The molecule has 0 saturated carbocycles. The number of rotatable bonds is 26. The van der Waals surface area contributed by atoms with Gasteiger partial charge in [0.15, 0.2) is 11.5 Å². The van der Waals surface area contributed by atoms with Crippen LogP contribution >= 0.6 is 12.0 Å². The van der Waals surface area contributed by atoms with Crippen LogP contribution in [-0.4, -0.2) is 121 Å². The van der Waals surface area contributed by atoms with E-state index in [0.29, 0.717) is 48.0 Å². The van der Waals surface area contributed by atoms with Crippen molar-refractivity contribution >= 4 is 78.7 Å². The van der Waals surface area contributed by atoms with E-state index in [0.717, 1.165) is 17.8 Å². The summed E-state index contributed by atoms with van der Waals surface area (Å²) in [6, 6.07) is 6.41. The first-order chi connectivity index (χ1) is 28.5. The summed E-state index contributed by atoms with van der Waals surface area (Å²) in [7, 11) is -8.86. The molecule has 0 bridgehead atoms. The van der Waals surface area contributed by atoms with Crippen molar-refractivity contribution in [3.05, 3.63) is 59.9 Å². The van der Waals surface area contributed by atoms with Gasteiger partial charge in [-0.05, 0) is 37.0 Å². The van der Waals surface area contributed by atoms with Crippen LogP contribution in [0.3, 0.4) is 0 Å². The van der Waals surface area contributed by atoms with Crippen LogP contribution in [0.1, 0.15) is 63.4 Å². The van der Waals surface area contributed by atoms with Gasteiger partial charge in [-0.3, -0.25) is 24.2 Å². The number of hydrogen-bond donors (Lipinski definition) is 1. The molecule has 2 aliphatic carbocycles. The molecule has 1 aliphatic heterocycles. The molecule has 1 atom stereocenters. The maximum atomic E-state index is 13.4. The summed E-state index contributed by atoms with van der Waals surface area (Å²) < 4.78 is 72.3. The number of carbonyl (C=O) groups is 5. The lowest BCUT2D eigenvalue weighted by atomic mass is 9.71. The number of amides is 3. The molecule has 1 heterocycles. The van der Waals surface area contributed by atoms with Gasteiger partial charge < -0.3 is 34.5 Å². The fraction of sp³-hybridized carbons (Fsp3) is 0.514. The smallest absolute Gasteiger partial charge is 0.333 e. The number of Topliss-reactive ketones (excluding diaryl/α,β-unsaturated/α-hetero) is 1. The third-order valence-corrected chi connectivity index (χ3v) is 11.8. The van der Waals surface area contributed by atoms with E-state index in [1.54, 1.807) is 53.5 Å². The van der Waals surface area contributed by atoms with Gasteiger partial charge in [0.25, 0.3) is 11.8 Å². The fourth-order valence-electron chi connectivity index (χ4n) is 6.67. The molecular formula is C37H45N4O16S3-3. The number of hydrogen-bond acceptors (Lipinski definition) is 18. The zero-order valence-corrected chi connectivity index (χ0v) is 34.8. The SMILES string of the molecule is O=C(CCC[N+](CCCSOO[O-])=C1C=CC(C2C(=O)C(c3ccc(N(CCCC(=O)ON4C(=O)CCC4=O)CCCS(=O)(=O)[O-])cc3)=C2[O-])C=C1)NCCCS(=O)(=O)[O-]. The zero-order chi connectivity index (χ0) is 43.9. The lowest BCUT2D eigenvalue weighted by Crippen LogP contribution is -2.41. The second kappa shape index (κ2) is 22.9. The highest BCUT2D eigenvalue weighted by Gasteiger charge is 2.38. The normalized spacial score (nSPS) is 17.9. The Morgan fingerprint density at radius 3 is 2.10 bits per heavy atom. The Labute approximate surface area is 351 Å². The van der Waals surface area contributed by atoms with Crippen molar-refractivity contribution in [3.8, 4) is 0 Å². The van der Waals surface area contributed by atoms with E-state index in [-0.39, 0.29) is 87.6 Å². The van der Waals surface area contributed by atoms with Gasteiger partial charge in [-0.2, -0.15) is 4.33 Å². The molecule has 3 amide bonds. The molecule has 1 aromatic rings. The van der Waals surface area contributed by atoms with Gasteiger partial charge in [-0.25, -0.2) is 26.2 Å². The molecule has 1 saturated heterocycles. The Kier molecular flexibility index (Phi) is 18.4. The van der Waals surface area contributed by atoms with Crippen LogP contribution in [0.4, 0.5) is 5.69 Å². The summed E-state index contributed by atoms with van der Waals surface area (Å²) in [5.74, 6) is -5.30. The summed E-state index contributed by atoms with van der Waals surface area (Å²) in [4.78, 5) is 68.1. The van der Waals surface area contributed by atoms with E-state index < -0.39 is 61.4 Å². The highest BCUT2D eigenvalue weighted by atomic mass is 32.2. The summed E-state index contributed by atoms with van der Waals surface area (Å²) in [5.41, 5.74) is 1.71. The number of ketones is 1. The molecule has 330 valence electrons. The van der Waals surface area contributed by atoms with Crippen LogP contribution in [0.25, 0.3) is 5.57 Å². The van der Waals surface area contributed by atoms with Gasteiger partial charge >= 0.3 is 5.97 Å². The van der Waals surface area contributed by atoms with Crippen molar-refractivity contribution in [1.29, 1.82) is 0 Å². The molecule has 0 radical (unpaired) electrons. The lowest BCUT2D eigenvalue weighted by molar-refractivity contribution is -0.777. The molecule has 1 N–H and O–H groups in total. The van der Waals surface area contributed by atoms with Gasteiger partial charge in [0.2, 0.25) is 5.91 Å². The minimum Gasteiger partial charge on any atom is -0.874 e. The molecule has 20 nitrogen and oxygen atoms in total. The minimum absolute atomic E-state index is 0.00410. The van der Waals surface area contributed by atoms with Crippen LogP contribution < -0.4 is 20.6 Å². The van der Waals surface area contributed by atoms with E-state index in [1.807, 2.05) is 4.58 Å². The Hall–Kier alpha value is -4.49. The van der Waals surface area contributed by atoms with E-state index in [2.05, 4.69) is 14.7 Å². The Bertz CT molecular complexity index is 2050. The van der Waals surface area contributed by atoms with Crippen molar-refractivity contribution < 1.29 is 79.1 Å². The molecule has 0 aromatic heterocycles. The van der Waals surface area contributed by atoms with Gasteiger partial charge in [0.1, 0.15) is 13.1 Å². The van der Waals surface area contributed by atoms with Gasteiger partial charge in [0.05, 0.1) is 20.2 Å². The monoisotopic (exact) mass is 897 g/mol. The molecule has 4 rings (SSSR count). The summed E-state index contributed by atoms with van der Waals surface area (Å²) in [6.07, 6.45) is 8.07. The summed E-state index contributed by atoms with van der Waals surface area (Å²) in [5, 5.41) is 29.9. The number of nitrogens with zero attached hydrogens (tertiary/aromatic N) is 3. The first kappa shape index (κ1) is 48.2. The molecule has 60 heavy (non-hydrogen) atoms. The Morgan fingerprint density at radius 2 is 1.48 bits per heavy atom. The van der Waals surface area contributed by atoms with Gasteiger partial charge in [-0.15, -0.1) is 10.8 Å². The van der Waals surface area contributed by atoms with Crippen molar-refractivity contribution in [2.75, 3.05) is 54.9 Å². The second-order valence-corrected chi connectivity index (χ2v) is 17.8. The van der Waals surface area contributed by atoms with Crippen LogP contribution in [0.15, 0.2) is 54.3 Å². The largest absolute Gasteiger partial charge is 0.874 e. The van der Waals surface area contributed by atoms with Crippen LogP contribution in [-0.2, 0) is 58.4 Å². The third kappa shape index (κ3) is 15.2. The lowest BCUT2D eigenvalue weighted by Gasteiger charge is -2.40. The summed E-state index contributed by atoms with van der Waals surface area (Å²) >= 11 is 0.831. The number of carbonyl (C=O) groups excluding carboxylic acids is 5. The number of imide groups is 1. The fourth-order valence-corrected chi connectivity index (χ4v) is 8.01. The number of hydroxylamine groups is 2. The molecule has 1 fully saturated rings. The average molecular weight is 898 g/mol. The number of allylic oxidation sites excluding steroid dienone is 6. The third-order valence-electron chi connectivity index (χ3n) is 9.59. The standard InChI is InChI=1S/C37H48N4O16S3/c42-30(38-18-3-24-59(49,50)51)6-1-19-39(21-4-23-58-57-56-48)28-12-8-26(9-13-28)34-36(46)35(37(34)47)27-10-14-29(15-11-27)40(22-5-25-60(52,53)54)20-2-7-33(45)55-41-31(43)16-17-32(41)44/h8-15,26,34H,1-7,16-25H2,(H4-,38,42,46,47,48,49,50,51,52,53,54)/p-3. The maximum absolute atomic E-state index is 13.4.